The first-order valence-corrected chi connectivity index (χ1v) is 42.0. The molecule has 0 aliphatic carbocycles. The maximum absolute atomic E-state index is 4.74. The monoisotopic (exact) mass is 2420 g/mol. The van der Waals surface area contributed by atoms with Crippen molar-refractivity contribution >= 4 is 0 Å². The number of aryl methyl sites for hydroxylation is 4. The number of rotatable bonds is 14. The second-order valence-corrected chi connectivity index (χ2v) is 29.6. The average Bonchev–Trinajstić information content (AvgIpc) is 0.849. The summed E-state index contributed by atoms with van der Waals surface area (Å²) in [6.45, 7) is 12.6. The molecule has 0 saturated heterocycles. The van der Waals surface area contributed by atoms with E-state index in [0.29, 0.717) is 5.92 Å². The molecule has 20 aromatic rings. The van der Waals surface area contributed by atoms with Crippen molar-refractivity contribution in [1.82, 2.24) is 59.8 Å². The van der Waals surface area contributed by atoms with Gasteiger partial charge in [-0.05, 0) is 167 Å². The summed E-state index contributed by atoms with van der Waals surface area (Å²) in [6, 6.07) is 141. The summed E-state index contributed by atoms with van der Waals surface area (Å²) < 4.78 is 0. The van der Waals surface area contributed by atoms with E-state index in [1.165, 1.54) is 22.3 Å². The number of benzene rings is 8. The normalized spacial score (nSPS) is 9.90. The molecular formula is C116H92Ir4N12-8. The van der Waals surface area contributed by atoms with Gasteiger partial charge in [-0.15, -0.1) is 287 Å². The molecule has 4 radical (unpaired) electrons. The Hall–Kier alpha value is -13.8. The molecule has 0 saturated carbocycles. The van der Waals surface area contributed by atoms with Gasteiger partial charge >= 0.3 is 0 Å². The number of hydrogen-bond donors (Lipinski definition) is 0. The molecule has 20 rings (SSSR count). The minimum Gasteiger partial charge on any atom is -0.304 e. The van der Waals surface area contributed by atoms with Crippen molar-refractivity contribution in [1.29, 1.82) is 0 Å². The predicted molar refractivity (Wildman–Crippen MR) is 518 cm³/mol. The molecule has 12 aromatic heterocycles. The van der Waals surface area contributed by atoms with Crippen molar-refractivity contribution < 1.29 is 80.4 Å². The van der Waals surface area contributed by atoms with Crippen molar-refractivity contribution in [3.63, 3.8) is 0 Å². The number of nitrogens with zero attached hydrogens (tertiary/aromatic N) is 12. The number of aromatic nitrogens is 12. The number of pyridine rings is 12. The van der Waals surface area contributed by atoms with Crippen LogP contribution in [0.4, 0.5) is 0 Å². The molecule has 0 bridgehead atoms. The van der Waals surface area contributed by atoms with Crippen LogP contribution in [-0.2, 0) is 86.8 Å². The Morgan fingerprint density at radius 3 is 0.735 bits per heavy atom. The summed E-state index contributed by atoms with van der Waals surface area (Å²) in [5, 5.41) is 0. The third-order valence-electron chi connectivity index (χ3n) is 19.3. The van der Waals surface area contributed by atoms with Crippen molar-refractivity contribution in [3.8, 4) is 135 Å². The van der Waals surface area contributed by atoms with Gasteiger partial charge in [0.2, 0.25) is 0 Å². The Kier molecular flexibility index (Phi) is 43.2. The maximum atomic E-state index is 4.74. The second-order valence-electron chi connectivity index (χ2n) is 29.6. The van der Waals surface area contributed by atoms with Gasteiger partial charge in [0.05, 0.1) is 11.4 Å². The standard InChI is InChI=1S/C20H19N2.3C16H11N2.4C12H10N.4Ir/c1-15(2)13-18-9-6-10-20(22-18)17-11-12-19(21-14-17)16-7-4-3-5-8-16;1-2-6-13(7-3-1)16-10-9-14(12-18-16)15-8-4-5-11-17-15;1-2-5-13(6-3-1)16-9-8-15(12-18-16)14-7-4-10-17-11-14;1-2-4-14(5-3-1)16-7-6-15(12-18-16)13-8-10-17-11-9-13;4*1-10-7-8-12(13-9-10)11-5-3-2-4-6-11;;;;/h3-7,9-12,14-15H,13H2,1-2H3;1-6,8-12H;1-5,7-12H;1-4,6-12H;4*2-5,7-9H,1H3;;;;/q8*-1;;;;. The fraction of sp³-hybridized carbons (Fsp3) is 0.0690. The quantitative estimate of drug-likeness (QED) is 0.0952. The van der Waals surface area contributed by atoms with E-state index in [0.717, 1.165) is 147 Å². The van der Waals surface area contributed by atoms with Crippen molar-refractivity contribution in [3.05, 3.63) is 509 Å². The second kappa shape index (κ2) is 55.9. The topological polar surface area (TPSA) is 155 Å². The van der Waals surface area contributed by atoms with Crippen LogP contribution < -0.4 is 0 Å². The van der Waals surface area contributed by atoms with Crippen LogP contribution in [0.1, 0.15) is 41.8 Å². The molecule has 0 fully saturated rings. The Morgan fingerprint density at radius 1 is 0.197 bits per heavy atom. The van der Waals surface area contributed by atoms with Crippen LogP contribution in [0.2, 0.25) is 0 Å². The Morgan fingerprint density at radius 2 is 0.477 bits per heavy atom. The Bertz CT molecular complexity index is 5740. The molecule has 0 aliphatic rings. The molecule has 0 amide bonds. The molecule has 0 unspecified atom stereocenters. The Labute approximate surface area is 830 Å². The summed E-state index contributed by atoms with van der Waals surface area (Å²) in [5.41, 5.74) is 30.1. The fourth-order valence-corrected chi connectivity index (χ4v) is 12.6. The van der Waals surface area contributed by atoms with Crippen LogP contribution in [0.25, 0.3) is 135 Å². The molecule has 0 atom stereocenters. The zero-order chi connectivity index (χ0) is 88.4. The van der Waals surface area contributed by atoms with E-state index >= 15 is 0 Å². The summed E-state index contributed by atoms with van der Waals surface area (Å²) in [6.07, 6.45) is 24.9. The molecule has 0 spiro atoms. The third-order valence-corrected chi connectivity index (χ3v) is 19.3. The van der Waals surface area contributed by atoms with Gasteiger partial charge in [0, 0.05) is 183 Å². The van der Waals surface area contributed by atoms with Crippen LogP contribution >= 0.6 is 0 Å². The summed E-state index contributed by atoms with van der Waals surface area (Å²) >= 11 is 0. The van der Waals surface area contributed by atoms with E-state index in [9.17, 15) is 0 Å². The van der Waals surface area contributed by atoms with Crippen LogP contribution in [0.5, 0.6) is 0 Å². The molecule has 12 heterocycles. The van der Waals surface area contributed by atoms with Crippen molar-refractivity contribution in [2.75, 3.05) is 0 Å². The van der Waals surface area contributed by atoms with Gasteiger partial charge in [-0.1, -0.05) is 129 Å². The van der Waals surface area contributed by atoms with Gasteiger partial charge in [-0.25, -0.2) is 0 Å². The minimum absolute atomic E-state index is 0. The van der Waals surface area contributed by atoms with Gasteiger partial charge in [0.15, 0.2) is 0 Å². The first-order chi connectivity index (χ1) is 63.0. The molecule has 132 heavy (non-hydrogen) atoms. The molecule has 16 heteroatoms. The minimum atomic E-state index is 0. The van der Waals surface area contributed by atoms with Crippen molar-refractivity contribution in [2.45, 2.75) is 48.0 Å². The van der Waals surface area contributed by atoms with E-state index in [1.54, 1.807) is 24.8 Å². The third kappa shape index (κ3) is 33.0. The molecular weight excluding hydrogens is 2330 g/mol. The molecule has 12 nitrogen and oxygen atoms in total. The fourth-order valence-electron chi connectivity index (χ4n) is 12.6. The molecule has 0 aliphatic heterocycles. The van der Waals surface area contributed by atoms with Gasteiger partial charge in [-0.2, -0.15) is 0 Å². The van der Waals surface area contributed by atoms with Gasteiger partial charge < -0.3 is 39.9 Å². The number of hydrogen-bond acceptors (Lipinski definition) is 12. The van der Waals surface area contributed by atoms with E-state index < -0.39 is 0 Å². The van der Waals surface area contributed by atoms with Crippen molar-refractivity contribution in [2.24, 2.45) is 5.92 Å². The maximum Gasteiger partial charge on any atom is 0.0720 e. The predicted octanol–water partition coefficient (Wildman–Crippen LogP) is 27.1. The molecule has 660 valence electrons. The SMILES string of the molecule is CC(C)Cc1cccc(-c2ccc(-c3[c-]cccc3)nc2)n1.Cc1ccc(-c2[c-]cccc2)nc1.Cc1ccc(-c2[c-]cccc2)nc1.Cc1ccc(-c2[c-]cccc2)nc1.Cc1ccc(-c2[c-]cccc2)nc1.[Ir].[Ir].[Ir].[Ir].[c-]1ccccc1-c1ccc(-c2ccccn2)cn1.[c-]1ccccc1-c1ccc(-c2cccnc2)cn1.[c-]1ccccc1-c1ccc(-c2ccncc2)cn1. The van der Waals surface area contributed by atoms with Gasteiger partial charge in [0.25, 0.3) is 0 Å². The molecule has 0 N–H and O–H groups in total. The van der Waals surface area contributed by atoms with Crippen LogP contribution in [0, 0.1) is 82.1 Å². The van der Waals surface area contributed by atoms with Crippen LogP contribution in [-0.4, -0.2) is 59.8 Å². The van der Waals surface area contributed by atoms with E-state index in [4.69, 9.17) is 4.98 Å². The smallest absolute Gasteiger partial charge is 0.0720 e. The van der Waals surface area contributed by atoms with Gasteiger partial charge in [-0.3, -0.25) is 19.9 Å². The van der Waals surface area contributed by atoms with E-state index in [1.807, 2.05) is 381 Å². The summed E-state index contributed by atoms with van der Waals surface area (Å²) in [7, 11) is 0. The zero-order valence-electron chi connectivity index (χ0n) is 73.5. The summed E-state index contributed by atoms with van der Waals surface area (Å²) in [4.78, 5) is 52.4. The molecule has 8 aromatic carbocycles. The van der Waals surface area contributed by atoms with E-state index in [-0.39, 0.29) is 80.4 Å². The zero-order valence-corrected chi connectivity index (χ0v) is 83.1. The van der Waals surface area contributed by atoms with Gasteiger partial charge in [0.1, 0.15) is 0 Å². The van der Waals surface area contributed by atoms with Crippen LogP contribution in [0.15, 0.2) is 432 Å². The first-order valence-electron chi connectivity index (χ1n) is 42.0. The first kappa shape index (κ1) is 102. The van der Waals surface area contributed by atoms with Crippen LogP contribution in [0.3, 0.4) is 0 Å². The Balaban J connectivity index is 0.000000170. The average molecular weight is 2420 g/mol. The summed E-state index contributed by atoms with van der Waals surface area (Å²) in [5.74, 6) is 0.608. The van der Waals surface area contributed by atoms with E-state index in [2.05, 4.69) is 172 Å². The largest absolute Gasteiger partial charge is 0.304 e.